The van der Waals surface area contributed by atoms with E-state index in [1.807, 2.05) is 0 Å². The molecule has 2 fully saturated rings. The number of rotatable bonds is 2. The summed E-state index contributed by atoms with van der Waals surface area (Å²) in [4.78, 5) is 28.4. The summed E-state index contributed by atoms with van der Waals surface area (Å²) in [5.41, 5.74) is 0.941. The van der Waals surface area contributed by atoms with Crippen LogP contribution in [0.2, 0.25) is 0 Å². The third kappa shape index (κ3) is 4.71. The molecule has 1 N–H and O–H groups in total. The summed E-state index contributed by atoms with van der Waals surface area (Å²) in [5, 5.41) is 2.92. The maximum absolute atomic E-state index is 13.0. The van der Waals surface area contributed by atoms with Crippen LogP contribution >= 0.6 is 0 Å². The average Bonchev–Trinajstić information content (AvgIpc) is 2.90. The lowest BCUT2D eigenvalue weighted by molar-refractivity contribution is -0.146. The zero-order valence-corrected chi connectivity index (χ0v) is 14.5. The number of carbonyl (C=O) groups is 2. The van der Waals surface area contributed by atoms with Crippen molar-refractivity contribution >= 4 is 17.5 Å². The standard InChI is InChI=1S/C19H26FN3O2/c20-15-7-9-17(10-8-15)22-11-13-23(14-12-22)19(25)18(24)21-16-5-3-1-2-4-6-16/h7-10,16H,1-6,11-14H2,(H,21,24). The Morgan fingerprint density at radius 3 is 2.12 bits per heavy atom. The Morgan fingerprint density at radius 2 is 1.52 bits per heavy atom. The minimum absolute atomic E-state index is 0.138. The highest BCUT2D eigenvalue weighted by Crippen LogP contribution is 2.18. The van der Waals surface area contributed by atoms with Gasteiger partial charge in [0.2, 0.25) is 0 Å². The normalized spacial score (nSPS) is 19.4. The highest BCUT2D eigenvalue weighted by atomic mass is 19.1. The zero-order valence-electron chi connectivity index (χ0n) is 14.5. The summed E-state index contributed by atoms with van der Waals surface area (Å²) in [6.07, 6.45) is 6.61. The van der Waals surface area contributed by atoms with Gasteiger partial charge in [0.15, 0.2) is 0 Å². The number of piperazine rings is 1. The Morgan fingerprint density at radius 1 is 0.920 bits per heavy atom. The van der Waals surface area contributed by atoms with Gasteiger partial charge in [-0.2, -0.15) is 0 Å². The molecule has 2 aliphatic rings. The van der Waals surface area contributed by atoms with Crippen LogP contribution in [-0.4, -0.2) is 48.9 Å². The molecule has 0 unspecified atom stereocenters. The Hall–Kier alpha value is -2.11. The van der Waals surface area contributed by atoms with E-state index >= 15 is 0 Å². The molecule has 0 radical (unpaired) electrons. The summed E-state index contributed by atoms with van der Waals surface area (Å²) in [5.74, 6) is -1.15. The van der Waals surface area contributed by atoms with E-state index in [1.54, 1.807) is 17.0 Å². The van der Waals surface area contributed by atoms with Crippen molar-refractivity contribution in [3.05, 3.63) is 30.1 Å². The van der Waals surface area contributed by atoms with Gasteiger partial charge >= 0.3 is 11.8 Å². The molecular formula is C19H26FN3O2. The molecule has 1 saturated carbocycles. The third-order valence-corrected chi connectivity index (χ3v) is 5.14. The van der Waals surface area contributed by atoms with E-state index in [2.05, 4.69) is 10.2 Å². The van der Waals surface area contributed by atoms with E-state index in [0.717, 1.165) is 31.4 Å². The number of carbonyl (C=O) groups excluding carboxylic acids is 2. The summed E-state index contributed by atoms with van der Waals surface area (Å²) in [7, 11) is 0. The van der Waals surface area contributed by atoms with Gasteiger partial charge in [0.1, 0.15) is 5.82 Å². The molecule has 1 aromatic rings. The summed E-state index contributed by atoms with van der Waals surface area (Å²) in [6.45, 7) is 2.31. The molecule has 0 aromatic heterocycles. The molecule has 5 nitrogen and oxygen atoms in total. The van der Waals surface area contributed by atoms with Crippen LogP contribution in [-0.2, 0) is 9.59 Å². The van der Waals surface area contributed by atoms with Crippen molar-refractivity contribution in [2.75, 3.05) is 31.1 Å². The van der Waals surface area contributed by atoms with Crippen molar-refractivity contribution in [2.45, 2.75) is 44.6 Å². The fourth-order valence-electron chi connectivity index (χ4n) is 3.63. The van der Waals surface area contributed by atoms with E-state index in [-0.39, 0.29) is 11.9 Å². The van der Waals surface area contributed by atoms with Gasteiger partial charge in [0.05, 0.1) is 0 Å². The lowest BCUT2D eigenvalue weighted by Crippen LogP contribution is -2.53. The van der Waals surface area contributed by atoms with Crippen LogP contribution < -0.4 is 10.2 Å². The largest absolute Gasteiger partial charge is 0.368 e. The highest BCUT2D eigenvalue weighted by Gasteiger charge is 2.27. The molecule has 0 bridgehead atoms. The van der Waals surface area contributed by atoms with E-state index in [1.165, 1.54) is 25.0 Å². The molecule has 1 saturated heterocycles. The van der Waals surface area contributed by atoms with Crippen LogP contribution in [0.4, 0.5) is 10.1 Å². The molecule has 0 spiro atoms. The van der Waals surface area contributed by atoms with E-state index in [9.17, 15) is 14.0 Å². The first-order chi connectivity index (χ1) is 12.1. The Balaban J connectivity index is 1.48. The van der Waals surface area contributed by atoms with Crippen molar-refractivity contribution in [2.24, 2.45) is 0 Å². The second-order valence-corrected chi connectivity index (χ2v) is 6.92. The Bertz CT molecular complexity index is 589. The van der Waals surface area contributed by atoms with E-state index in [0.29, 0.717) is 26.2 Å². The number of hydrogen-bond donors (Lipinski definition) is 1. The van der Waals surface area contributed by atoms with Gasteiger partial charge in [-0.1, -0.05) is 25.7 Å². The molecule has 1 aliphatic heterocycles. The lowest BCUT2D eigenvalue weighted by Gasteiger charge is -2.36. The van der Waals surface area contributed by atoms with E-state index in [4.69, 9.17) is 0 Å². The number of nitrogens with one attached hydrogen (secondary N) is 1. The molecular weight excluding hydrogens is 321 g/mol. The first kappa shape index (κ1) is 17.7. The second kappa shape index (κ2) is 8.32. The maximum Gasteiger partial charge on any atom is 0.312 e. The maximum atomic E-state index is 13.0. The highest BCUT2D eigenvalue weighted by molar-refractivity contribution is 6.35. The summed E-state index contributed by atoms with van der Waals surface area (Å²) < 4.78 is 13.0. The molecule has 1 aromatic carbocycles. The lowest BCUT2D eigenvalue weighted by atomic mass is 10.1. The predicted molar refractivity (Wildman–Crippen MR) is 94.8 cm³/mol. The smallest absolute Gasteiger partial charge is 0.312 e. The van der Waals surface area contributed by atoms with Crippen molar-refractivity contribution in [3.63, 3.8) is 0 Å². The molecule has 6 heteroatoms. The molecule has 1 heterocycles. The van der Waals surface area contributed by atoms with Crippen LogP contribution in [0.15, 0.2) is 24.3 Å². The van der Waals surface area contributed by atoms with Gasteiger partial charge in [-0.05, 0) is 37.1 Å². The zero-order chi connectivity index (χ0) is 17.6. The summed E-state index contributed by atoms with van der Waals surface area (Å²) >= 11 is 0. The van der Waals surface area contributed by atoms with Gasteiger partial charge in [-0.25, -0.2) is 4.39 Å². The number of benzene rings is 1. The quantitative estimate of drug-likeness (QED) is 0.660. The monoisotopic (exact) mass is 347 g/mol. The molecule has 2 amide bonds. The SMILES string of the molecule is O=C(NC1CCCCCC1)C(=O)N1CCN(c2ccc(F)cc2)CC1. The number of halogens is 1. The topological polar surface area (TPSA) is 52.7 Å². The van der Waals surface area contributed by atoms with Crippen molar-refractivity contribution in [1.82, 2.24) is 10.2 Å². The molecule has 1 aliphatic carbocycles. The van der Waals surface area contributed by atoms with Gasteiger partial charge in [0, 0.05) is 37.9 Å². The first-order valence-electron chi connectivity index (χ1n) is 9.24. The second-order valence-electron chi connectivity index (χ2n) is 6.92. The number of amides is 2. The molecule has 3 rings (SSSR count). The van der Waals surface area contributed by atoms with E-state index < -0.39 is 11.8 Å². The molecule has 0 atom stereocenters. The number of anilines is 1. The molecule has 136 valence electrons. The Kier molecular flexibility index (Phi) is 5.89. The Labute approximate surface area is 148 Å². The van der Waals surface area contributed by atoms with Crippen molar-refractivity contribution < 1.29 is 14.0 Å². The van der Waals surface area contributed by atoms with Crippen LogP contribution in [0.1, 0.15) is 38.5 Å². The van der Waals surface area contributed by atoms with Gasteiger partial charge < -0.3 is 15.1 Å². The molecule has 25 heavy (non-hydrogen) atoms. The van der Waals surface area contributed by atoms with Crippen molar-refractivity contribution in [1.29, 1.82) is 0 Å². The fraction of sp³-hybridized carbons (Fsp3) is 0.579. The predicted octanol–water partition coefficient (Wildman–Crippen LogP) is 2.31. The van der Waals surface area contributed by atoms with Gasteiger partial charge in [-0.3, -0.25) is 9.59 Å². The first-order valence-corrected chi connectivity index (χ1v) is 9.24. The van der Waals surface area contributed by atoms with Crippen LogP contribution in [0.25, 0.3) is 0 Å². The van der Waals surface area contributed by atoms with Gasteiger partial charge in [-0.15, -0.1) is 0 Å². The number of hydrogen-bond acceptors (Lipinski definition) is 3. The van der Waals surface area contributed by atoms with Crippen LogP contribution in [0.3, 0.4) is 0 Å². The van der Waals surface area contributed by atoms with Crippen LogP contribution in [0.5, 0.6) is 0 Å². The minimum Gasteiger partial charge on any atom is -0.368 e. The number of nitrogens with zero attached hydrogens (tertiary/aromatic N) is 2. The minimum atomic E-state index is -0.470. The fourth-order valence-corrected chi connectivity index (χ4v) is 3.63. The van der Waals surface area contributed by atoms with Crippen LogP contribution in [0, 0.1) is 5.82 Å². The third-order valence-electron chi connectivity index (χ3n) is 5.14. The average molecular weight is 347 g/mol. The summed E-state index contributed by atoms with van der Waals surface area (Å²) in [6, 6.07) is 6.50. The van der Waals surface area contributed by atoms with Crippen molar-refractivity contribution in [3.8, 4) is 0 Å². The van der Waals surface area contributed by atoms with Gasteiger partial charge in [0.25, 0.3) is 0 Å².